The molecule has 0 amide bonds. The number of fused-ring (bicyclic) bond motifs is 5. The molecule has 1 atom stereocenters. The number of carbonyl (C=O) groups excluding carboxylic acids is 1. The molecule has 5 heterocycles. The molecule has 7 nitrogen and oxygen atoms in total. The van der Waals surface area contributed by atoms with E-state index in [0.717, 1.165) is 28.6 Å². The number of benzene rings is 1. The van der Waals surface area contributed by atoms with Gasteiger partial charge < -0.3 is 19.3 Å². The molecule has 37 heavy (non-hydrogen) atoms. The fraction of sp³-hybridized carbons (Fsp3) is 0.483. The number of cyclic esters (lactones) is 1. The van der Waals surface area contributed by atoms with Crippen LogP contribution in [0.3, 0.4) is 0 Å². The second-order valence-electron chi connectivity index (χ2n) is 11.7. The van der Waals surface area contributed by atoms with Crippen LogP contribution in [-0.4, -0.2) is 52.9 Å². The Kier molecular flexibility index (Phi) is 5.89. The minimum Gasteiger partial charge on any atom is -0.458 e. The highest BCUT2D eigenvalue weighted by Crippen LogP contribution is 2.40. The van der Waals surface area contributed by atoms with E-state index in [1.807, 2.05) is 18.2 Å². The van der Waals surface area contributed by atoms with Gasteiger partial charge in [0.1, 0.15) is 6.61 Å². The SMILES string of the molecule is CCC1(O)C(=O)OCc2c1cc1n(c2=O)Cc2c-1nc1ccccc1c2CC[Si](C)(C)CN1CCCC1. The Morgan fingerprint density at radius 1 is 1.14 bits per heavy atom. The number of ether oxygens (including phenoxy) is 1. The van der Waals surface area contributed by atoms with Crippen molar-refractivity contribution in [3.05, 3.63) is 62.9 Å². The first-order valence-corrected chi connectivity index (χ1v) is 16.9. The molecular weight excluding hydrogens is 482 g/mol. The smallest absolute Gasteiger partial charge is 0.343 e. The second-order valence-corrected chi connectivity index (χ2v) is 16.8. The molecule has 0 bridgehead atoms. The highest BCUT2D eigenvalue weighted by molar-refractivity contribution is 6.77. The van der Waals surface area contributed by atoms with Gasteiger partial charge in [0.25, 0.3) is 5.56 Å². The van der Waals surface area contributed by atoms with Gasteiger partial charge in [-0.3, -0.25) is 4.79 Å². The van der Waals surface area contributed by atoms with Crippen LogP contribution in [0.4, 0.5) is 0 Å². The fourth-order valence-corrected chi connectivity index (χ4v) is 9.10. The molecule has 6 rings (SSSR count). The van der Waals surface area contributed by atoms with Gasteiger partial charge in [-0.2, -0.15) is 0 Å². The van der Waals surface area contributed by atoms with E-state index in [1.54, 1.807) is 11.5 Å². The third kappa shape index (κ3) is 3.97. The van der Waals surface area contributed by atoms with Gasteiger partial charge in [-0.15, -0.1) is 0 Å². The van der Waals surface area contributed by atoms with E-state index in [0.29, 0.717) is 23.4 Å². The highest BCUT2D eigenvalue weighted by Gasteiger charge is 2.45. The first-order valence-electron chi connectivity index (χ1n) is 13.5. The Morgan fingerprint density at radius 3 is 2.65 bits per heavy atom. The molecule has 3 aliphatic heterocycles. The van der Waals surface area contributed by atoms with Gasteiger partial charge >= 0.3 is 5.97 Å². The van der Waals surface area contributed by atoms with Crippen molar-refractivity contribution in [2.75, 3.05) is 19.3 Å². The number of pyridine rings is 2. The number of rotatable bonds is 6. The first kappa shape index (κ1) is 24.5. The van der Waals surface area contributed by atoms with E-state index in [1.165, 1.54) is 43.7 Å². The molecule has 194 valence electrons. The van der Waals surface area contributed by atoms with Gasteiger partial charge in [0.05, 0.1) is 37.1 Å². The van der Waals surface area contributed by atoms with Crippen LogP contribution in [0.15, 0.2) is 35.1 Å². The molecule has 0 radical (unpaired) electrons. The Balaban J connectivity index is 1.45. The van der Waals surface area contributed by atoms with Crippen LogP contribution in [-0.2, 0) is 34.7 Å². The Hall–Kier alpha value is -2.81. The number of hydrogen-bond acceptors (Lipinski definition) is 6. The highest BCUT2D eigenvalue weighted by atomic mass is 28.3. The first-order chi connectivity index (χ1) is 17.7. The molecule has 8 heteroatoms. The lowest BCUT2D eigenvalue weighted by Crippen LogP contribution is -2.44. The predicted molar refractivity (Wildman–Crippen MR) is 146 cm³/mol. The summed E-state index contributed by atoms with van der Waals surface area (Å²) in [6.45, 7) is 9.51. The topological polar surface area (TPSA) is 84.7 Å². The van der Waals surface area contributed by atoms with Gasteiger partial charge in [0.2, 0.25) is 0 Å². The van der Waals surface area contributed by atoms with Crippen LogP contribution in [0.25, 0.3) is 22.3 Å². The largest absolute Gasteiger partial charge is 0.458 e. The molecule has 0 spiro atoms. The number of aromatic nitrogens is 2. The lowest BCUT2D eigenvalue weighted by Gasteiger charge is -2.31. The predicted octanol–water partition coefficient (Wildman–Crippen LogP) is 3.97. The third-order valence-corrected chi connectivity index (χ3v) is 11.5. The molecule has 1 saturated heterocycles. The number of hydrogen-bond donors (Lipinski definition) is 1. The van der Waals surface area contributed by atoms with E-state index < -0.39 is 19.6 Å². The van der Waals surface area contributed by atoms with E-state index in [-0.39, 0.29) is 18.6 Å². The molecule has 0 aliphatic carbocycles. The van der Waals surface area contributed by atoms with Crippen molar-refractivity contribution in [2.24, 2.45) is 0 Å². The van der Waals surface area contributed by atoms with Crippen molar-refractivity contribution < 1.29 is 14.6 Å². The molecular formula is C29H35N3O4Si. The number of esters is 1. The number of nitrogens with zero attached hydrogens (tertiary/aromatic N) is 3. The van der Waals surface area contributed by atoms with Gasteiger partial charge in [0.15, 0.2) is 5.60 Å². The van der Waals surface area contributed by atoms with Crippen molar-refractivity contribution in [2.45, 2.75) is 70.5 Å². The Bertz CT molecular complexity index is 1470. The molecule has 1 fully saturated rings. The zero-order valence-corrected chi connectivity index (χ0v) is 23.0. The third-order valence-electron chi connectivity index (χ3n) is 8.62. The molecule has 2 aromatic heterocycles. The van der Waals surface area contributed by atoms with Crippen LogP contribution in [0.1, 0.15) is 48.4 Å². The molecule has 1 N–H and O–H groups in total. The standard InChI is InChI=1S/C29H35N3O4Si/c1-4-29(35)23-15-25-26-21(16-32(25)27(33)22(23)17-36-28(29)34)19(20-9-5-6-10-24(20)30-26)11-14-37(2,3)18-31-12-7-8-13-31/h5-6,9-10,15,35H,4,7-8,11-14,16-18H2,1-3H3. The number of carbonyl (C=O) groups is 1. The number of likely N-dealkylation sites (tertiary alicyclic amines) is 1. The zero-order valence-electron chi connectivity index (χ0n) is 22.0. The van der Waals surface area contributed by atoms with Crippen molar-refractivity contribution in [1.29, 1.82) is 0 Å². The normalized spacial score (nSPS) is 21.1. The van der Waals surface area contributed by atoms with Gasteiger partial charge in [-0.05, 0) is 62.6 Å². The molecule has 1 aromatic carbocycles. The Morgan fingerprint density at radius 2 is 1.89 bits per heavy atom. The van der Waals surface area contributed by atoms with Crippen molar-refractivity contribution in [3.8, 4) is 11.4 Å². The monoisotopic (exact) mass is 517 g/mol. The summed E-state index contributed by atoms with van der Waals surface area (Å²) in [5.41, 5.74) is 3.49. The second kappa shape index (κ2) is 8.89. The lowest BCUT2D eigenvalue weighted by atomic mass is 9.86. The lowest BCUT2D eigenvalue weighted by molar-refractivity contribution is -0.172. The van der Waals surface area contributed by atoms with Crippen molar-refractivity contribution >= 4 is 24.9 Å². The zero-order chi connectivity index (χ0) is 25.9. The van der Waals surface area contributed by atoms with Crippen molar-refractivity contribution in [3.63, 3.8) is 0 Å². The van der Waals surface area contributed by atoms with E-state index >= 15 is 0 Å². The maximum Gasteiger partial charge on any atom is 0.343 e. The quantitative estimate of drug-likeness (QED) is 0.308. The van der Waals surface area contributed by atoms with E-state index in [4.69, 9.17) is 9.72 Å². The summed E-state index contributed by atoms with van der Waals surface area (Å²) in [6.07, 6.45) is 4.96. The number of aryl methyl sites for hydroxylation is 1. The summed E-state index contributed by atoms with van der Waals surface area (Å²) in [4.78, 5) is 33.8. The average Bonchev–Trinajstić information content (AvgIpc) is 3.52. The van der Waals surface area contributed by atoms with Crippen LogP contribution in [0.2, 0.25) is 19.1 Å². The van der Waals surface area contributed by atoms with E-state index in [9.17, 15) is 14.7 Å². The van der Waals surface area contributed by atoms with Crippen LogP contribution in [0.5, 0.6) is 0 Å². The van der Waals surface area contributed by atoms with Crippen LogP contribution >= 0.6 is 0 Å². The number of aliphatic hydroxyl groups is 1. The van der Waals surface area contributed by atoms with E-state index in [2.05, 4.69) is 30.1 Å². The fourth-order valence-electron chi connectivity index (χ4n) is 6.49. The summed E-state index contributed by atoms with van der Waals surface area (Å²) in [5.74, 6) is -0.692. The molecule has 3 aliphatic rings. The summed E-state index contributed by atoms with van der Waals surface area (Å²) in [7, 11) is -1.46. The summed E-state index contributed by atoms with van der Waals surface area (Å²) in [5, 5.41) is 12.3. The minimum atomic E-state index is -1.81. The van der Waals surface area contributed by atoms with Crippen molar-refractivity contribution in [1.82, 2.24) is 14.5 Å². The summed E-state index contributed by atoms with van der Waals surface area (Å²) >= 11 is 0. The molecule has 0 saturated carbocycles. The van der Waals surface area contributed by atoms with Gasteiger partial charge in [-0.25, -0.2) is 9.78 Å². The molecule has 1 unspecified atom stereocenters. The maximum atomic E-state index is 13.6. The minimum absolute atomic E-state index is 0.107. The van der Waals surface area contributed by atoms with Crippen LogP contribution in [0, 0.1) is 0 Å². The van der Waals surface area contributed by atoms with Gasteiger partial charge in [-0.1, -0.05) is 44.3 Å². The molecule has 3 aromatic rings. The van der Waals surface area contributed by atoms with Gasteiger partial charge in [0, 0.05) is 16.5 Å². The Labute approximate surface area is 218 Å². The summed E-state index contributed by atoms with van der Waals surface area (Å²) in [6, 6.07) is 11.2. The maximum absolute atomic E-state index is 13.6. The average molecular weight is 518 g/mol. The number of para-hydroxylation sites is 1. The summed E-state index contributed by atoms with van der Waals surface area (Å²) < 4.78 is 6.98. The van der Waals surface area contributed by atoms with Crippen LogP contribution < -0.4 is 5.56 Å².